The fraction of sp³-hybridized carbons (Fsp3) is 0.333. The Kier molecular flexibility index (Phi) is 7.56. The summed E-state index contributed by atoms with van der Waals surface area (Å²) in [7, 11) is 0. The summed E-state index contributed by atoms with van der Waals surface area (Å²) in [5.41, 5.74) is 1.90. The Labute approximate surface area is 170 Å². The van der Waals surface area contributed by atoms with E-state index < -0.39 is 0 Å². The molecular weight excluding hydrogens is 410 g/mol. The van der Waals surface area contributed by atoms with E-state index >= 15 is 0 Å². The predicted molar refractivity (Wildman–Crippen MR) is 96.8 cm³/mol. The molecule has 0 spiro atoms. The number of ether oxygens (including phenoxy) is 2. The minimum atomic E-state index is -0.283. The first-order chi connectivity index (χ1) is 12.6. The number of benzene rings is 2. The summed E-state index contributed by atoms with van der Waals surface area (Å²) < 4.78 is 11.1. The zero-order valence-corrected chi connectivity index (χ0v) is 16.9. The molecule has 1 saturated heterocycles. The molecular formula is C21H24BrNO4. The third-order valence-corrected chi connectivity index (χ3v) is 4.80. The molecule has 2 aromatic carbocycles. The van der Waals surface area contributed by atoms with Crippen molar-refractivity contribution in [2.24, 2.45) is 0 Å². The van der Waals surface area contributed by atoms with Gasteiger partial charge in [0.05, 0.1) is 0 Å². The predicted octanol–water partition coefficient (Wildman–Crippen LogP) is -0.304. The highest BCUT2D eigenvalue weighted by Gasteiger charge is 2.54. The Morgan fingerprint density at radius 3 is 1.56 bits per heavy atom. The van der Waals surface area contributed by atoms with Crippen molar-refractivity contribution in [2.75, 3.05) is 19.6 Å². The Balaban J connectivity index is 0.00000261. The van der Waals surface area contributed by atoms with Crippen molar-refractivity contribution >= 4 is 11.9 Å². The molecule has 0 aliphatic carbocycles. The molecule has 0 unspecified atom stereocenters. The minimum Gasteiger partial charge on any atom is -1.00 e. The number of hydrogen-bond acceptors (Lipinski definition) is 4. The van der Waals surface area contributed by atoms with Gasteiger partial charge < -0.3 is 26.5 Å². The lowest BCUT2D eigenvalue weighted by Gasteiger charge is -2.18. The molecule has 0 amide bonds. The van der Waals surface area contributed by atoms with Crippen molar-refractivity contribution in [2.45, 2.75) is 26.2 Å². The molecule has 144 valence electrons. The molecule has 1 aliphatic heterocycles. The maximum atomic E-state index is 12.2. The van der Waals surface area contributed by atoms with E-state index in [-0.39, 0.29) is 61.3 Å². The number of quaternary nitrogens is 1. The van der Waals surface area contributed by atoms with Gasteiger partial charge in [-0.05, 0) is 18.1 Å². The summed E-state index contributed by atoms with van der Waals surface area (Å²) in [6.45, 7) is 3.75. The van der Waals surface area contributed by atoms with E-state index in [9.17, 15) is 9.59 Å². The van der Waals surface area contributed by atoms with Crippen molar-refractivity contribution in [1.29, 1.82) is 0 Å². The van der Waals surface area contributed by atoms with Crippen LogP contribution in [0.1, 0.15) is 18.1 Å². The second-order valence-corrected chi connectivity index (χ2v) is 6.86. The van der Waals surface area contributed by atoms with Crippen molar-refractivity contribution in [1.82, 2.24) is 0 Å². The quantitative estimate of drug-likeness (QED) is 0.325. The number of carbonyl (C=O) groups excluding carboxylic acids is 2. The summed E-state index contributed by atoms with van der Waals surface area (Å²) >= 11 is 0. The molecule has 6 heteroatoms. The molecule has 0 saturated carbocycles. The molecule has 3 rings (SSSR count). The molecule has 1 fully saturated rings. The summed E-state index contributed by atoms with van der Waals surface area (Å²) in [6.07, 6.45) is 0. The Morgan fingerprint density at radius 2 is 1.22 bits per heavy atom. The van der Waals surface area contributed by atoms with Gasteiger partial charge in [-0.3, -0.25) is 4.48 Å². The highest BCUT2D eigenvalue weighted by Crippen LogP contribution is 2.30. The maximum absolute atomic E-state index is 12.2. The van der Waals surface area contributed by atoms with Crippen LogP contribution >= 0.6 is 0 Å². The van der Waals surface area contributed by atoms with Crippen LogP contribution in [0.15, 0.2) is 60.7 Å². The smallest absolute Gasteiger partial charge is 0.362 e. The van der Waals surface area contributed by atoms with Crippen molar-refractivity contribution in [3.63, 3.8) is 0 Å². The second kappa shape index (κ2) is 9.67. The van der Waals surface area contributed by atoms with E-state index in [1.165, 1.54) is 0 Å². The van der Waals surface area contributed by atoms with Crippen LogP contribution in [0.4, 0.5) is 0 Å². The molecule has 0 aromatic heterocycles. The zero-order valence-electron chi connectivity index (χ0n) is 15.3. The molecule has 1 atom stereocenters. The lowest BCUT2D eigenvalue weighted by Crippen LogP contribution is -3.00. The van der Waals surface area contributed by atoms with E-state index in [2.05, 4.69) is 0 Å². The fourth-order valence-electron chi connectivity index (χ4n) is 3.06. The number of esters is 2. The van der Waals surface area contributed by atoms with Gasteiger partial charge >= 0.3 is 11.9 Å². The lowest BCUT2D eigenvalue weighted by atomic mass is 10.2. The normalized spacial score (nSPS) is 16.7. The minimum absolute atomic E-state index is 0. The number of rotatable bonds is 8. The topological polar surface area (TPSA) is 52.6 Å². The monoisotopic (exact) mass is 433 g/mol. The molecule has 1 aliphatic rings. The van der Waals surface area contributed by atoms with Gasteiger partial charge in [0, 0.05) is 0 Å². The van der Waals surface area contributed by atoms with Gasteiger partial charge in [-0.1, -0.05) is 60.7 Å². The fourth-order valence-corrected chi connectivity index (χ4v) is 3.06. The van der Waals surface area contributed by atoms with Crippen molar-refractivity contribution < 1.29 is 40.5 Å². The maximum Gasteiger partial charge on any atom is 0.362 e. The van der Waals surface area contributed by atoms with Gasteiger partial charge in [-0.2, -0.15) is 0 Å². The number of carbonyl (C=O) groups is 2. The molecule has 1 heterocycles. The molecule has 2 aromatic rings. The third kappa shape index (κ3) is 6.19. The number of nitrogens with zero attached hydrogens (tertiary/aromatic N) is 1. The van der Waals surface area contributed by atoms with Crippen molar-refractivity contribution in [3.8, 4) is 0 Å². The summed E-state index contributed by atoms with van der Waals surface area (Å²) in [5, 5.41) is 0. The van der Waals surface area contributed by atoms with E-state index in [1.807, 2.05) is 67.6 Å². The number of halogens is 1. The van der Waals surface area contributed by atoms with Crippen LogP contribution in [0.2, 0.25) is 0 Å². The van der Waals surface area contributed by atoms with Crippen LogP contribution < -0.4 is 17.0 Å². The third-order valence-electron chi connectivity index (χ3n) is 4.80. The van der Waals surface area contributed by atoms with Crippen molar-refractivity contribution in [3.05, 3.63) is 71.8 Å². The van der Waals surface area contributed by atoms with E-state index in [1.54, 1.807) is 0 Å². The van der Waals surface area contributed by atoms with Crippen LogP contribution in [0.5, 0.6) is 0 Å². The van der Waals surface area contributed by atoms with Gasteiger partial charge in [0.25, 0.3) is 0 Å². The van der Waals surface area contributed by atoms with Gasteiger partial charge in [0.15, 0.2) is 13.1 Å². The average Bonchev–Trinajstić information content (AvgIpc) is 3.28. The van der Waals surface area contributed by atoms with Gasteiger partial charge in [0.1, 0.15) is 25.8 Å². The standard InChI is InChI=1S/C21H24NO4.BrH/c1-17-12-22(17,13-20(23)25-15-18-8-4-2-5-9-18)14-21(24)26-16-19-10-6-3-7-11-19;/h2-11,17H,12-16H2,1H3;1H/q+1;/p-1/t17-;/m0./s1. The largest absolute Gasteiger partial charge is 1.00 e. The summed E-state index contributed by atoms with van der Waals surface area (Å²) in [4.78, 5) is 24.4. The molecule has 27 heavy (non-hydrogen) atoms. The van der Waals surface area contributed by atoms with E-state index in [4.69, 9.17) is 9.47 Å². The molecule has 5 nitrogen and oxygen atoms in total. The summed E-state index contributed by atoms with van der Waals surface area (Å²) in [5.74, 6) is -0.567. The first kappa shape index (κ1) is 21.1. The zero-order chi connectivity index (χ0) is 18.4. The van der Waals surface area contributed by atoms with Crippen LogP contribution in [-0.2, 0) is 32.3 Å². The molecule has 0 bridgehead atoms. The number of hydrogen-bond donors (Lipinski definition) is 0. The first-order valence-corrected chi connectivity index (χ1v) is 8.82. The Morgan fingerprint density at radius 1 is 0.852 bits per heavy atom. The van der Waals surface area contributed by atoms with Crippen LogP contribution in [0.3, 0.4) is 0 Å². The van der Waals surface area contributed by atoms with Crippen LogP contribution in [0.25, 0.3) is 0 Å². The van der Waals surface area contributed by atoms with Crippen LogP contribution in [-0.4, -0.2) is 42.1 Å². The van der Waals surface area contributed by atoms with Crippen LogP contribution in [0, 0.1) is 0 Å². The SMILES string of the molecule is C[C@H]1C[N+]1(CC(=O)OCc1ccccc1)CC(=O)OCc1ccccc1.[Br-]. The van der Waals surface area contributed by atoms with Gasteiger partial charge in [-0.15, -0.1) is 0 Å². The van der Waals surface area contributed by atoms with E-state index in [0.29, 0.717) is 4.48 Å². The Bertz CT molecular complexity index is 694. The molecule has 0 radical (unpaired) electrons. The first-order valence-electron chi connectivity index (χ1n) is 8.82. The van der Waals surface area contributed by atoms with Gasteiger partial charge in [0.2, 0.25) is 0 Å². The molecule has 0 N–H and O–H groups in total. The highest BCUT2D eigenvalue weighted by molar-refractivity contribution is 5.73. The average molecular weight is 434 g/mol. The Hall–Kier alpha value is -2.18. The van der Waals surface area contributed by atoms with Gasteiger partial charge in [-0.25, -0.2) is 9.59 Å². The lowest BCUT2D eigenvalue weighted by molar-refractivity contribution is -0.797. The van der Waals surface area contributed by atoms with E-state index in [0.717, 1.165) is 17.7 Å². The second-order valence-electron chi connectivity index (χ2n) is 6.86. The summed E-state index contributed by atoms with van der Waals surface area (Å²) in [6, 6.07) is 19.4. The highest BCUT2D eigenvalue weighted by atomic mass is 79.9.